The molecule has 0 bridgehead atoms. The van der Waals surface area contributed by atoms with Crippen molar-refractivity contribution < 1.29 is 19.3 Å². The number of rotatable bonds is 6. The molecular weight excluding hydrogens is 316 g/mol. The molecule has 0 saturated carbocycles. The maximum Gasteiger partial charge on any atom is 0.119 e. The Bertz CT molecular complexity index is 641. The largest absolute Gasteiger partial charge is 0.385 e. The summed E-state index contributed by atoms with van der Waals surface area (Å²) >= 11 is 0. The Kier molecular flexibility index (Phi) is 5.86. The monoisotopic (exact) mass is 342 g/mol. The summed E-state index contributed by atoms with van der Waals surface area (Å²) in [7, 11) is 0. The van der Waals surface area contributed by atoms with Crippen LogP contribution in [0.2, 0.25) is 0 Å². The van der Waals surface area contributed by atoms with Crippen LogP contribution in [0.25, 0.3) is 0 Å². The first-order valence-electron chi connectivity index (χ1n) is 8.72. The fraction of sp³-hybridized carbons (Fsp3) is 0.429. The highest BCUT2D eigenvalue weighted by Gasteiger charge is 2.48. The van der Waals surface area contributed by atoms with E-state index in [1.807, 2.05) is 67.6 Å². The van der Waals surface area contributed by atoms with E-state index in [2.05, 4.69) is 0 Å². The van der Waals surface area contributed by atoms with Crippen LogP contribution in [0.1, 0.15) is 25.0 Å². The molecule has 1 aliphatic rings. The summed E-state index contributed by atoms with van der Waals surface area (Å²) < 4.78 is 17.8. The molecule has 1 heterocycles. The quantitative estimate of drug-likeness (QED) is 0.875. The molecule has 3 unspecified atom stereocenters. The van der Waals surface area contributed by atoms with Crippen LogP contribution >= 0.6 is 0 Å². The molecule has 1 fully saturated rings. The molecule has 134 valence electrons. The van der Waals surface area contributed by atoms with Crippen molar-refractivity contribution in [3.63, 3.8) is 0 Å². The van der Waals surface area contributed by atoms with Gasteiger partial charge in [0, 0.05) is 0 Å². The molecule has 0 aromatic heterocycles. The van der Waals surface area contributed by atoms with Gasteiger partial charge in [-0.2, -0.15) is 0 Å². The highest BCUT2D eigenvalue weighted by molar-refractivity contribution is 5.14. The van der Waals surface area contributed by atoms with E-state index in [-0.39, 0.29) is 6.10 Å². The summed E-state index contributed by atoms with van der Waals surface area (Å²) in [6.45, 7) is 4.92. The Hall–Kier alpha value is -1.72. The molecule has 25 heavy (non-hydrogen) atoms. The van der Waals surface area contributed by atoms with Crippen LogP contribution in [0.5, 0.6) is 0 Å². The van der Waals surface area contributed by atoms with E-state index in [9.17, 15) is 5.11 Å². The molecule has 0 amide bonds. The fourth-order valence-electron chi connectivity index (χ4n) is 3.21. The van der Waals surface area contributed by atoms with Crippen LogP contribution in [-0.4, -0.2) is 35.6 Å². The lowest BCUT2D eigenvalue weighted by Gasteiger charge is -2.45. The number of hydrogen-bond acceptors (Lipinski definition) is 4. The molecule has 4 heteroatoms. The van der Waals surface area contributed by atoms with Gasteiger partial charge in [-0.15, -0.1) is 0 Å². The lowest BCUT2D eigenvalue weighted by molar-refractivity contribution is -0.260. The van der Waals surface area contributed by atoms with Gasteiger partial charge in [0.15, 0.2) is 0 Å². The highest BCUT2D eigenvalue weighted by Crippen LogP contribution is 2.31. The maximum atomic E-state index is 11.1. The van der Waals surface area contributed by atoms with Gasteiger partial charge in [0.1, 0.15) is 17.8 Å². The molecular formula is C21H26O4. The predicted octanol–water partition coefficient (Wildman–Crippen LogP) is 3.33. The lowest BCUT2D eigenvalue weighted by atomic mass is 9.87. The molecule has 3 rings (SSSR count). The average molecular weight is 342 g/mol. The fourth-order valence-corrected chi connectivity index (χ4v) is 3.21. The van der Waals surface area contributed by atoms with Gasteiger partial charge in [-0.05, 0) is 25.0 Å². The zero-order valence-electron chi connectivity index (χ0n) is 14.8. The number of benzene rings is 2. The van der Waals surface area contributed by atoms with Crippen molar-refractivity contribution >= 4 is 0 Å². The summed E-state index contributed by atoms with van der Waals surface area (Å²) in [6, 6.07) is 19.9. The minimum atomic E-state index is -1.12. The zero-order chi connectivity index (χ0) is 17.7. The van der Waals surface area contributed by atoms with Crippen LogP contribution in [0.4, 0.5) is 0 Å². The second-order valence-corrected chi connectivity index (χ2v) is 6.77. The van der Waals surface area contributed by atoms with Crippen molar-refractivity contribution in [1.82, 2.24) is 0 Å². The molecule has 1 N–H and O–H groups in total. The van der Waals surface area contributed by atoms with Gasteiger partial charge in [-0.3, -0.25) is 0 Å². The van der Waals surface area contributed by atoms with Crippen LogP contribution in [0, 0.1) is 0 Å². The van der Waals surface area contributed by atoms with Crippen LogP contribution in [-0.2, 0) is 27.4 Å². The first kappa shape index (κ1) is 18.1. The smallest absolute Gasteiger partial charge is 0.119 e. The minimum absolute atomic E-state index is 0.199. The third-order valence-corrected chi connectivity index (χ3v) is 4.73. The van der Waals surface area contributed by atoms with Crippen molar-refractivity contribution in [3.05, 3.63) is 71.8 Å². The molecule has 2 aromatic rings. The normalized spacial score (nSPS) is 29.5. The Morgan fingerprint density at radius 1 is 0.960 bits per heavy atom. The number of ether oxygens (including phenoxy) is 3. The molecule has 0 radical (unpaired) electrons. The van der Waals surface area contributed by atoms with Crippen molar-refractivity contribution in [2.75, 3.05) is 6.61 Å². The van der Waals surface area contributed by atoms with Gasteiger partial charge in [0.05, 0.1) is 25.9 Å². The van der Waals surface area contributed by atoms with Gasteiger partial charge < -0.3 is 19.3 Å². The van der Waals surface area contributed by atoms with Gasteiger partial charge in [0.2, 0.25) is 0 Å². The van der Waals surface area contributed by atoms with E-state index >= 15 is 0 Å². The SMILES string of the molecule is CC1OCC(OCc2ccccc2)C(C)(O)[C@@H]1OCc1ccccc1. The van der Waals surface area contributed by atoms with E-state index in [1.165, 1.54) is 0 Å². The Labute approximate surface area is 149 Å². The summed E-state index contributed by atoms with van der Waals surface area (Å²) in [4.78, 5) is 0. The van der Waals surface area contributed by atoms with Gasteiger partial charge >= 0.3 is 0 Å². The molecule has 1 saturated heterocycles. The van der Waals surface area contributed by atoms with Crippen LogP contribution in [0.15, 0.2) is 60.7 Å². The van der Waals surface area contributed by atoms with Crippen molar-refractivity contribution in [2.45, 2.75) is 51.0 Å². The van der Waals surface area contributed by atoms with Gasteiger partial charge in [-0.1, -0.05) is 60.7 Å². The molecule has 4 atom stereocenters. The van der Waals surface area contributed by atoms with E-state index in [4.69, 9.17) is 14.2 Å². The summed E-state index contributed by atoms with van der Waals surface area (Å²) in [5.74, 6) is 0. The van der Waals surface area contributed by atoms with E-state index < -0.39 is 17.8 Å². The average Bonchev–Trinajstić information content (AvgIpc) is 2.62. The second kappa shape index (κ2) is 8.11. The lowest BCUT2D eigenvalue weighted by Crippen LogP contribution is -2.62. The second-order valence-electron chi connectivity index (χ2n) is 6.77. The summed E-state index contributed by atoms with van der Waals surface area (Å²) in [6.07, 6.45) is -1.10. The first-order chi connectivity index (χ1) is 12.1. The predicted molar refractivity (Wildman–Crippen MR) is 96.1 cm³/mol. The minimum Gasteiger partial charge on any atom is -0.385 e. The molecule has 0 spiro atoms. The first-order valence-corrected chi connectivity index (χ1v) is 8.72. The standard InChI is InChI=1S/C21H26O4/c1-16-20(25-14-18-11-7-4-8-12-18)21(2,22)19(15-23-16)24-13-17-9-5-3-6-10-17/h3-12,16,19-20,22H,13-15H2,1-2H3/t16?,19?,20-,21?/m1/s1. The molecule has 2 aromatic carbocycles. The third-order valence-electron chi connectivity index (χ3n) is 4.73. The highest BCUT2D eigenvalue weighted by atomic mass is 16.6. The van der Waals surface area contributed by atoms with Crippen molar-refractivity contribution in [1.29, 1.82) is 0 Å². The van der Waals surface area contributed by atoms with Gasteiger partial charge in [0.25, 0.3) is 0 Å². The van der Waals surface area contributed by atoms with Gasteiger partial charge in [-0.25, -0.2) is 0 Å². The van der Waals surface area contributed by atoms with Crippen molar-refractivity contribution in [2.24, 2.45) is 0 Å². The zero-order valence-corrected chi connectivity index (χ0v) is 14.8. The third kappa shape index (κ3) is 4.47. The topological polar surface area (TPSA) is 47.9 Å². The Morgan fingerprint density at radius 3 is 2.04 bits per heavy atom. The van der Waals surface area contributed by atoms with E-state index in [1.54, 1.807) is 6.92 Å². The van der Waals surface area contributed by atoms with Crippen LogP contribution < -0.4 is 0 Å². The summed E-state index contributed by atoms with van der Waals surface area (Å²) in [5, 5.41) is 11.1. The van der Waals surface area contributed by atoms with Crippen LogP contribution in [0.3, 0.4) is 0 Å². The Balaban J connectivity index is 1.63. The molecule has 1 aliphatic heterocycles. The van der Waals surface area contributed by atoms with E-state index in [0.717, 1.165) is 11.1 Å². The van der Waals surface area contributed by atoms with Crippen molar-refractivity contribution in [3.8, 4) is 0 Å². The number of aliphatic hydroxyl groups is 1. The number of hydrogen-bond donors (Lipinski definition) is 1. The maximum absolute atomic E-state index is 11.1. The Morgan fingerprint density at radius 2 is 1.48 bits per heavy atom. The van der Waals surface area contributed by atoms with E-state index in [0.29, 0.717) is 19.8 Å². The molecule has 0 aliphatic carbocycles. The molecule has 4 nitrogen and oxygen atoms in total. The summed E-state index contributed by atoms with van der Waals surface area (Å²) in [5.41, 5.74) is 1.01.